The summed E-state index contributed by atoms with van der Waals surface area (Å²) < 4.78 is 0. The van der Waals surface area contributed by atoms with Crippen molar-refractivity contribution >= 4 is 11.7 Å². The van der Waals surface area contributed by atoms with Crippen LogP contribution in [0.3, 0.4) is 0 Å². The van der Waals surface area contributed by atoms with Gasteiger partial charge < -0.3 is 4.90 Å². The Morgan fingerprint density at radius 2 is 1.68 bits per heavy atom. The van der Waals surface area contributed by atoms with Crippen LogP contribution >= 0.6 is 0 Å². The van der Waals surface area contributed by atoms with E-state index in [2.05, 4.69) is 9.97 Å². The highest BCUT2D eigenvalue weighted by Gasteiger charge is 2.15. The molecule has 0 atom stereocenters. The molecule has 0 fully saturated rings. The van der Waals surface area contributed by atoms with E-state index in [1.807, 2.05) is 42.6 Å². The molecule has 2 N–H and O–H groups in total. The van der Waals surface area contributed by atoms with E-state index in [9.17, 15) is 4.79 Å². The van der Waals surface area contributed by atoms with Crippen LogP contribution in [0.15, 0.2) is 61.1 Å². The molecule has 1 aromatic carbocycles. The van der Waals surface area contributed by atoms with Crippen molar-refractivity contribution in [2.24, 2.45) is 0 Å². The molecule has 0 aliphatic carbocycles. The topological polar surface area (TPSA) is 78.4 Å². The second-order valence-corrected chi connectivity index (χ2v) is 5.75. The fraction of sp³-hybridized carbons (Fsp3) is 0.105. The Morgan fingerprint density at radius 1 is 1.00 bits per heavy atom. The second kappa shape index (κ2) is 7.11. The zero-order valence-corrected chi connectivity index (χ0v) is 14.0. The van der Waals surface area contributed by atoms with E-state index in [0.717, 1.165) is 22.3 Å². The molecule has 0 radical (unpaired) electrons. The first-order valence-electron chi connectivity index (χ1n) is 7.73. The van der Waals surface area contributed by atoms with Crippen LogP contribution in [0.1, 0.15) is 10.4 Å². The first-order chi connectivity index (χ1) is 12.1. The SMILES string of the molecule is CN(C)c1ncc(-c2ccc(-c3cccnc3)cc2)cc1C(=O)NO. The number of hydrogen-bond acceptors (Lipinski definition) is 5. The largest absolute Gasteiger partial charge is 0.362 e. The van der Waals surface area contributed by atoms with E-state index in [0.29, 0.717) is 11.4 Å². The molecule has 6 heteroatoms. The lowest BCUT2D eigenvalue weighted by Crippen LogP contribution is -2.23. The van der Waals surface area contributed by atoms with E-state index in [1.165, 1.54) is 0 Å². The van der Waals surface area contributed by atoms with Crippen LogP contribution in [0, 0.1) is 0 Å². The van der Waals surface area contributed by atoms with E-state index >= 15 is 0 Å². The van der Waals surface area contributed by atoms with E-state index < -0.39 is 5.91 Å². The molecule has 126 valence electrons. The highest BCUT2D eigenvalue weighted by atomic mass is 16.5. The van der Waals surface area contributed by atoms with Crippen molar-refractivity contribution in [2.75, 3.05) is 19.0 Å². The molecule has 2 heterocycles. The number of rotatable bonds is 4. The number of pyridine rings is 2. The monoisotopic (exact) mass is 334 g/mol. The second-order valence-electron chi connectivity index (χ2n) is 5.75. The van der Waals surface area contributed by atoms with Gasteiger partial charge in [0.15, 0.2) is 0 Å². The van der Waals surface area contributed by atoms with Crippen LogP contribution in [0.5, 0.6) is 0 Å². The minimum Gasteiger partial charge on any atom is -0.362 e. The first-order valence-corrected chi connectivity index (χ1v) is 7.73. The highest BCUT2D eigenvalue weighted by Crippen LogP contribution is 2.27. The standard InChI is InChI=1S/C19H18N4O2/c1-23(2)18-17(19(24)22-25)10-16(12-21-18)14-7-5-13(6-8-14)15-4-3-9-20-11-15/h3-12,25H,1-2H3,(H,22,24). The molecule has 0 unspecified atom stereocenters. The van der Waals surface area contributed by atoms with Gasteiger partial charge in [-0.15, -0.1) is 0 Å². The van der Waals surface area contributed by atoms with Crippen LogP contribution in [0.2, 0.25) is 0 Å². The number of carbonyl (C=O) groups excluding carboxylic acids is 1. The number of amides is 1. The molecule has 3 rings (SSSR count). The Morgan fingerprint density at radius 3 is 2.24 bits per heavy atom. The van der Waals surface area contributed by atoms with E-state index in [1.54, 1.807) is 42.9 Å². The van der Waals surface area contributed by atoms with Crippen molar-refractivity contribution < 1.29 is 10.0 Å². The van der Waals surface area contributed by atoms with E-state index in [4.69, 9.17) is 5.21 Å². The summed E-state index contributed by atoms with van der Waals surface area (Å²) in [5.74, 6) is -0.104. The summed E-state index contributed by atoms with van der Waals surface area (Å²) in [6.45, 7) is 0. The summed E-state index contributed by atoms with van der Waals surface area (Å²) in [5.41, 5.74) is 5.80. The minimum atomic E-state index is -0.593. The summed E-state index contributed by atoms with van der Waals surface area (Å²) in [5, 5.41) is 8.97. The maximum absolute atomic E-state index is 11.9. The quantitative estimate of drug-likeness (QED) is 0.566. The number of hydroxylamine groups is 1. The van der Waals surface area contributed by atoms with Gasteiger partial charge in [-0.25, -0.2) is 10.5 Å². The molecule has 6 nitrogen and oxygen atoms in total. The fourth-order valence-corrected chi connectivity index (χ4v) is 2.59. The highest BCUT2D eigenvalue weighted by molar-refractivity contribution is 5.99. The Balaban J connectivity index is 1.98. The van der Waals surface area contributed by atoms with Gasteiger partial charge in [0.05, 0.1) is 5.56 Å². The molecule has 2 aromatic heterocycles. The van der Waals surface area contributed by atoms with Crippen LogP contribution in [0.4, 0.5) is 5.82 Å². The van der Waals surface area contributed by atoms with Gasteiger partial charge in [0, 0.05) is 38.2 Å². The molecule has 0 spiro atoms. The number of hydrogen-bond donors (Lipinski definition) is 2. The third-order valence-electron chi connectivity index (χ3n) is 3.85. The molecular formula is C19H18N4O2. The average Bonchev–Trinajstić information content (AvgIpc) is 2.67. The molecule has 0 saturated carbocycles. The lowest BCUT2D eigenvalue weighted by atomic mass is 10.0. The molecular weight excluding hydrogens is 316 g/mol. The van der Waals surface area contributed by atoms with Crippen molar-refractivity contribution in [3.8, 4) is 22.3 Å². The Labute approximate surface area is 145 Å². The van der Waals surface area contributed by atoms with Gasteiger partial charge in [-0.1, -0.05) is 30.3 Å². The van der Waals surface area contributed by atoms with Gasteiger partial charge in [-0.3, -0.25) is 15.0 Å². The number of aromatic nitrogens is 2. The molecule has 3 aromatic rings. The average molecular weight is 334 g/mol. The van der Waals surface area contributed by atoms with E-state index in [-0.39, 0.29) is 0 Å². The predicted octanol–water partition coefficient (Wildman–Crippen LogP) is 3.00. The van der Waals surface area contributed by atoms with Crippen molar-refractivity contribution in [3.05, 3.63) is 66.6 Å². The summed E-state index contributed by atoms with van der Waals surface area (Å²) in [7, 11) is 3.58. The first kappa shape index (κ1) is 16.6. The predicted molar refractivity (Wildman–Crippen MR) is 96.5 cm³/mol. The summed E-state index contributed by atoms with van der Waals surface area (Å²) in [6, 6.07) is 13.5. The minimum absolute atomic E-state index is 0.307. The zero-order valence-electron chi connectivity index (χ0n) is 14.0. The molecule has 0 aliphatic rings. The zero-order chi connectivity index (χ0) is 17.8. The van der Waals surface area contributed by atoms with Gasteiger partial charge in [0.1, 0.15) is 5.82 Å². The molecule has 1 amide bonds. The molecule has 0 saturated heterocycles. The van der Waals surface area contributed by atoms with Crippen molar-refractivity contribution in [3.63, 3.8) is 0 Å². The third kappa shape index (κ3) is 3.49. The van der Waals surface area contributed by atoms with Crippen molar-refractivity contribution in [2.45, 2.75) is 0 Å². The van der Waals surface area contributed by atoms with Crippen molar-refractivity contribution in [1.29, 1.82) is 0 Å². The molecule has 0 aliphatic heterocycles. The van der Waals surface area contributed by atoms with Crippen LogP contribution < -0.4 is 10.4 Å². The van der Waals surface area contributed by atoms with Gasteiger partial charge in [-0.05, 0) is 28.8 Å². The Bertz CT molecular complexity index is 878. The van der Waals surface area contributed by atoms with Crippen molar-refractivity contribution in [1.82, 2.24) is 15.4 Å². The molecule has 0 bridgehead atoms. The van der Waals surface area contributed by atoms with Gasteiger partial charge >= 0.3 is 0 Å². The lowest BCUT2D eigenvalue weighted by molar-refractivity contribution is 0.0706. The van der Waals surface area contributed by atoms with Crippen LogP contribution in [-0.2, 0) is 0 Å². The smallest absolute Gasteiger partial charge is 0.278 e. The molecule has 25 heavy (non-hydrogen) atoms. The maximum Gasteiger partial charge on any atom is 0.278 e. The van der Waals surface area contributed by atoms with Gasteiger partial charge in [0.2, 0.25) is 0 Å². The lowest BCUT2D eigenvalue weighted by Gasteiger charge is -2.16. The normalized spacial score (nSPS) is 10.4. The Hall–Kier alpha value is -3.25. The number of anilines is 1. The number of benzene rings is 1. The van der Waals surface area contributed by atoms with Gasteiger partial charge in [0.25, 0.3) is 5.91 Å². The number of carbonyl (C=O) groups is 1. The number of nitrogens with one attached hydrogen (secondary N) is 1. The summed E-state index contributed by atoms with van der Waals surface area (Å²) >= 11 is 0. The summed E-state index contributed by atoms with van der Waals surface area (Å²) in [4.78, 5) is 22.1. The third-order valence-corrected chi connectivity index (χ3v) is 3.85. The maximum atomic E-state index is 11.9. The summed E-state index contributed by atoms with van der Waals surface area (Å²) in [6.07, 6.45) is 5.26. The van der Waals surface area contributed by atoms with Gasteiger partial charge in [-0.2, -0.15) is 0 Å². The van der Waals surface area contributed by atoms with Crippen LogP contribution in [0.25, 0.3) is 22.3 Å². The van der Waals surface area contributed by atoms with Crippen LogP contribution in [-0.4, -0.2) is 35.2 Å². The fourth-order valence-electron chi connectivity index (χ4n) is 2.59. The Kier molecular flexibility index (Phi) is 4.72. The number of nitrogens with zero attached hydrogens (tertiary/aromatic N) is 3.